The molecule has 41 heavy (non-hydrogen) atoms. The van der Waals surface area contributed by atoms with Gasteiger partial charge in [-0.15, -0.1) is 11.3 Å². The number of carbonyl (C=O) groups is 1. The number of aromatic carboxylic acids is 1. The molecule has 2 fully saturated rings. The molecular weight excluding hydrogens is 571 g/mol. The van der Waals surface area contributed by atoms with Crippen LogP contribution in [0, 0.1) is 24.6 Å². The van der Waals surface area contributed by atoms with Gasteiger partial charge in [-0.3, -0.25) is 0 Å². The van der Waals surface area contributed by atoms with Crippen molar-refractivity contribution in [2.24, 2.45) is 11.8 Å². The lowest BCUT2D eigenvalue weighted by molar-refractivity contribution is -0.116. The number of aliphatic hydroxyl groups is 2. The number of carboxylic acids is 1. The van der Waals surface area contributed by atoms with Crippen molar-refractivity contribution in [3.63, 3.8) is 0 Å². The smallest absolute Gasteiger partial charge is 0.335 e. The molecule has 2 aromatic heterocycles. The van der Waals surface area contributed by atoms with E-state index in [0.29, 0.717) is 44.6 Å². The summed E-state index contributed by atoms with van der Waals surface area (Å²) < 4.78 is 27.1. The summed E-state index contributed by atoms with van der Waals surface area (Å²) in [5.74, 6) is -1.94. The number of hydrogen-bond donors (Lipinski definition) is 3. The van der Waals surface area contributed by atoms with E-state index in [1.54, 1.807) is 19.9 Å². The molecule has 2 aliphatic rings. The maximum atomic E-state index is 14.7. The lowest BCUT2D eigenvalue weighted by Crippen LogP contribution is -2.44. The molecule has 2 heterocycles. The van der Waals surface area contributed by atoms with Crippen molar-refractivity contribution in [1.29, 1.82) is 0 Å². The summed E-state index contributed by atoms with van der Waals surface area (Å²) in [5.41, 5.74) is 0.174. The Morgan fingerprint density at radius 3 is 2.61 bits per heavy atom. The molecule has 11 heteroatoms. The number of rotatable bonds is 7. The largest absolute Gasteiger partial charge is 0.478 e. The average molecular weight is 601 g/mol. The Kier molecular flexibility index (Phi) is 6.98. The van der Waals surface area contributed by atoms with Crippen LogP contribution in [0.4, 0.5) is 4.39 Å². The quantitative estimate of drug-likeness (QED) is 0.217. The maximum Gasteiger partial charge on any atom is 0.335 e. The van der Waals surface area contributed by atoms with Gasteiger partial charge >= 0.3 is 5.97 Å². The first-order chi connectivity index (χ1) is 19.4. The summed E-state index contributed by atoms with van der Waals surface area (Å²) in [6.45, 7) is 5.32. The molecule has 2 aliphatic carbocycles. The van der Waals surface area contributed by atoms with E-state index in [0.717, 1.165) is 41.4 Å². The van der Waals surface area contributed by atoms with Gasteiger partial charge in [0.1, 0.15) is 27.4 Å². The number of halogens is 2. The van der Waals surface area contributed by atoms with E-state index in [1.165, 1.54) is 6.07 Å². The van der Waals surface area contributed by atoms with Crippen LogP contribution in [-0.4, -0.2) is 37.5 Å². The molecule has 4 atom stereocenters. The summed E-state index contributed by atoms with van der Waals surface area (Å²) in [5, 5.41) is 37.3. The highest BCUT2D eigenvalue weighted by molar-refractivity contribution is 7.18. The Morgan fingerprint density at radius 2 is 1.98 bits per heavy atom. The second-order valence-electron chi connectivity index (χ2n) is 11.7. The molecule has 4 aromatic rings. The zero-order valence-electron chi connectivity index (χ0n) is 22.8. The van der Waals surface area contributed by atoms with Crippen LogP contribution in [-0.2, 0) is 22.5 Å². The van der Waals surface area contributed by atoms with Crippen molar-refractivity contribution in [1.82, 2.24) is 10.1 Å². The van der Waals surface area contributed by atoms with Gasteiger partial charge in [0.05, 0.1) is 33.6 Å². The standard InChI is InChI=1S/C30H30ClFN2O6S/c1-14-5-4-6-20(31)23(14)24-19(26(40-34-24)29(2,3)37)13-39-18-11-16-7-8-17(12-18)30(16,38)28-33-25-21(32)9-15(27(35)36)10-22(25)41-28/h4-6,9-10,16-18,37-38H,7-8,11-13H2,1-3H3,(H,35,36)/t16-,17+,18?,30?. The fraction of sp³-hybridized carbons (Fsp3) is 0.433. The summed E-state index contributed by atoms with van der Waals surface area (Å²) in [6, 6.07) is 7.93. The van der Waals surface area contributed by atoms with E-state index in [4.69, 9.17) is 20.9 Å². The maximum absolute atomic E-state index is 14.7. The number of aryl methyl sites for hydroxylation is 1. The molecule has 3 N–H and O–H groups in total. The number of aromatic nitrogens is 2. The highest BCUT2D eigenvalue weighted by Gasteiger charge is 2.56. The molecule has 2 aromatic carbocycles. The minimum absolute atomic E-state index is 0.0789. The molecule has 2 bridgehead atoms. The van der Waals surface area contributed by atoms with Gasteiger partial charge < -0.3 is 24.6 Å². The first kappa shape index (κ1) is 28.2. The Bertz CT molecular complexity index is 1630. The monoisotopic (exact) mass is 600 g/mol. The lowest BCUT2D eigenvalue weighted by atomic mass is 9.73. The Hall–Kier alpha value is -2.89. The van der Waals surface area contributed by atoms with E-state index in [2.05, 4.69) is 10.1 Å². The van der Waals surface area contributed by atoms with E-state index in [9.17, 15) is 24.5 Å². The molecule has 0 saturated heterocycles. The van der Waals surface area contributed by atoms with Gasteiger partial charge in [-0.2, -0.15) is 0 Å². The number of fused-ring (bicyclic) bond motifs is 3. The van der Waals surface area contributed by atoms with Gasteiger partial charge in [-0.25, -0.2) is 14.2 Å². The SMILES string of the molecule is Cc1cccc(Cl)c1-c1noc(C(C)(C)O)c1COC1C[C@H]2CC[C@@H](C1)C2(O)c1nc2c(F)cc(C(=O)O)cc2s1. The Balaban J connectivity index is 1.26. The molecule has 2 saturated carbocycles. The van der Waals surface area contributed by atoms with E-state index in [1.807, 2.05) is 19.1 Å². The molecule has 2 unspecified atom stereocenters. The predicted molar refractivity (Wildman–Crippen MR) is 151 cm³/mol. The fourth-order valence-electron chi connectivity index (χ4n) is 6.52. The first-order valence-electron chi connectivity index (χ1n) is 13.5. The van der Waals surface area contributed by atoms with Gasteiger partial charge in [0.2, 0.25) is 0 Å². The number of carboxylic acid groups (broad SMARTS) is 1. The molecule has 0 amide bonds. The summed E-state index contributed by atoms with van der Waals surface area (Å²) in [6.07, 6.45) is 2.49. The second-order valence-corrected chi connectivity index (χ2v) is 13.1. The van der Waals surface area contributed by atoms with Gasteiger partial charge in [0.15, 0.2) is 11.6 Å². The third-order valence-corrected chi connectivity index (χ3v) is 9.96. The van der Waals surface area contributed by atoms with Crippen molar-refractivity contribution in [3.05, 3.63) is 68.6 Å². The molecule has 8 nitrogen and oxygen atoms in total. The number of benzene rings is 2. The molecule has 0 aliphatic heterocycles. The number of nitrogens with zero attached hydrogens (tertiary/aromatic N) is 2. The molecule has 6 rings (SSSR count). The first-order valence-corrected chi connectivity index (χ1v) is 14.7. The topological polar surface area (TPSA) is 126 Å². The van der Waals surface area contributed by atoms with Crippen LogP contribution in [0.15, 0.2) is 34.9 Å². The average Bonchev–Trinajstić information content (AvgIpc) is 3.55. The van der Waals surface area contributed by atoms with Crippen molar-refractivity contribution < 1.29 is 33.8 Å². The molecule has 216 valence electrons. The normalized spacial score (nSPS) is 24.3. The van der Waals surface area contributed by atoms with Crippen LogP contribution in [0.25, 0.3) is 21.5 Å². The van der Waals surface area contributed by atoms with E-state index in [-0.39, 0.29) is 35.6 Å². The highest BCUT2D eigenvalue weighted by Crippen LogP contribution is 2.57. The van der Waals surface area contributed by atoms with Crippen LogP contribution in [0.5, 0.6) is 0 Å². The van der Waals surface area contributed by atoms with Gasteiger partial charge in [0.25, 0.3) is 0 Å². The van der Waals surface area contributed by atoms with Crippen molar-refractivity contribution in [2.45, 2.75) is 70.4 Å². The van der Waals surface area contributed by atoms with Crippen LogP contribution < -0.4 is 0 Å². The number of hydrogen-bond acceptors (Lipinski definition) is 8. The third-order valence-electron chi connectivity index (χ3n) is 8.51. The second kappa shape index (κ2) is 10.1. The van der Waals surface area contributed by atoms with Crippen LogP contribution in [0.1, 0.15) is 71.8 Å². The molecule has 0 spiro atoms. The minimum atomic E-state index is -1.30. The predicted octanol–water partition coefficient (Wildman–Crippen LogP) is 6.57. The number of thiazole rings is 1. The zero-order valence-corrected chi connectivity index (χ0v) is 24.4. The van der Waals surface area contributed by atoms with Crippen LogP contribution in [0.3, 0.4) is 0 Å². The lowest BCUT2D eigenvalue weighted by Gasteiger charge is -2.41. The fourth-order valence-corrected chi connectivity index (χ4v) is 8.10. The molecular formula is C30H30ClFN2O6S. The number of ether oxygens (including phenoxy) is 1. The van der Waals surface area contributed by atoms with Crippen molar-refractivity contribution in [2.75, 3.05) is 0 Å². The van der Waals surface area contributed by atoms with Crippen LogP contribution >= 0.6 is 22.9 Å². The summed E-state index contributed by atoms with van der Waals surface area (Å²) in [4.78, 5) is 15.9. The van der Waals surface area contributed by atoms with Gasteiger partial charge in [-0.05, 0) is 82.1 Å². The van der Waals surface area contributed by atoms with Crippen LogP contribution in [0.2, 0.25) is 5.02 Å². The van der Waals surface area contributed by atoms with Crippen molar-refractivity contribution in [3.8, 4) is 11.3 Å². The third kappa shape index (κ3) is 4.75. The highest BCUT2D eigenvalue weighted by atomic mass is 35.5. The zero-order chi connectivity index (χ0) is 29.3. The summed E-state index contributed by atoms with van der Waals surface area (Å²) >= 11 is 7.69. The van der Waals surface area contributed by atoms with Crippen molar-refractivity contribution >= 4 is 39.1 Å². The molecule has 0 radical (unpaired) electrons. The Labute approximate surface area is 244 Å². The minimum Gasteiger partial charge on any atom is -0.478 e. The van der Waals surface area contributed by atoms with Gasteiger partial charge in [0, 0.05) is 5.56 Å². The Morgan fingerprint density at radius 1 is 1.27 bits per heavy atom. The summed E-state index contributed by atoms with van der Waals surface area (Å²) in [7, 11) is 0. The van der Waals surface area contributed by atoms with E-state index >= 15 is 0 Å². The van der Waals surface area contributed by atoms with E-state index < -0.39 is 23.0 Å². The van der Waals surface area contributed by atoms with Gasteiger partial charge in [-0.1, -0.05) is 28.9 Å².